The summed E-state index contributed by atoms with van der Waals surface area (Å²) < 4.78 is 89.7. The van der Waals surface area contributed by atoms with E-state index in [2.05, 4.69) is 0 Å². The van der Waals surface area contributed by atoms with Crippen molar-refractivity contribution >= 4 is 39.4 Å². The fourth-order valence-electron chi connectivity index (χ4n) is 5.62. The van der Waals surface area contributed by atoms with Crippen LogP contribution in [0.2, 0.25) is 0 Å². The number of hydrogen-bond donors (Lipinski definition) is 0. The van der Waals surface area contributed by atoms with Crippen molar-refractivity contribution in [3.05, 3.63) is 71.0 Å². The standard InChI is InChI=1S/C25H21F6N5O5/c1-35(2)22(38)36(21(37)14-23(35,24(26,27)28)25(29,30)31,33-10-8-15-4-6-18(41-3)13-20(15)33)32-11-9-16-12-17(34(39)40)5-7-19(16)32/h4-13H,14H2,1-3H3/q+2. The zero-order valence-corrected chi connectivity index (χ0v) is 21.5. The van der Waals surface area contributed by atoms with Crippen LogP contribution in [0.5, 0.6) is 5.75 Å². The van der Waals surface area contributed by atoms with Crippen molar-refractivity contribution in [1.82, 2.24) is 14.1 Å². The fourth-order valence-corrected chi connectivity index (χ4v) is 5.62. The molecule has 1 aliphatic rings. The van der Waals surface area contributed by atoms with E-state index >= 15 is 0 Å². The third-order valence-corrected chi connectivity index (χ3v) is 7.76. The van der Waals surface area contributed by atoms with Crippen LogP contribution in [0.15, 0.2) is 60.9 Å². The number of urea groups is 1. The lowest BCUT2D eigenvalue weighted by atomic mass is 9.86. The molecule has 0 aliphatic carbocycles. The van der Waals surface area contributed by atoms with Crippen molar-refractivity contribution in [2.75, 3.05) is 21.2 Å². The number of carbonyl (C=O) groups is 2. The number of imide groups is 1. The Kier molecular flexibility index (Phi) is 5.85. The Morgan fingerprint density at radius 3 is 2.02 bits per heavy atom. The van der Waals surface area contributed by atoms with Gasteiger partial charge in [-0.2, -0.15) is 45.0 Å². The molecule has 1 unspecified atom stereocenters. The molecule has 2 aromatic heterocycles. The average molecular weight is 585 g/mol. The molecule has 0 bridgehead atoms. The molecule has 0 spiro atoms. The van der Waals surface area contributed by atoms with E-state index in [-0.39, 0.29) is 27.9 Å². The third kappa shape index (κ3) is 3.46. The lowest BCUT2D eigenvalue weighted by Gasteiger charge is -2.51. The first kappa shape index (κ1) is 28.1. The number of rotatable bonds is 4. The van der Waals surface area contributed by atoms with Gasteiger partial charge >= 0.3 is 29.8 Å². The number of quaternary nitrogens is 2. The fraction of sp³-hybridized carbons (Fsp3) is 0.280. The van der Waals surface area contributed by atoms with Crippen LogP contribution >= 0.6 is 0 Å². The summed E-state index contributed by atoms with van der Waals surface area (Å²) in [6, 6.07) is 8.68. The van der Waals surface area contributed by atoms with Gasteiger partial charge in [0, 0.05) is 29.0 Å². The van der Waals surface area contributed by atoms with Gasteiger partial charge in [0.1, 0.15) is 23.2 Å². The maximum absolute atomic E-state index is 14.5. The summed E-state index contributed by atoms with van der Waals surface area (Å²) in [6.45, 7) is 0. The smallest absolute Gasteiger partial charge is 0.497 e. The molecular weight excluding hydrogens is 564 g/mol. The molecule has 0 saturated carbocycles. The molecule has 10 nitrogen and oxygen atoms in total. The second-order valence-corrected chi connectivity index (χ2v) is 10.0. The largest absolute Gasteiger partial charge is 0.574 e. The molecule has 5 rings (SSSR count). The molecule has 4 aromatic rings. The van der Waals surface area contributed by atoms with Gasteiger partial charge in [-0.25, -0.2) is 4.79 Å². The highest BCUT2D eigenvalue weighted by molar-refractivity contribution is 6.04. The van der Waals surface area contributed by atoms with Crippen LogP contribution in [0.4, 0.5) is 36.8 Å². The van der Waals surface area contributed by atoms with E-state index in [4.69, 9.17) is 4.74 Å². The molecule has 216 valence electrons. The highest BCUT2D eigenvalue weighted by Gasteiger charge is 2.89. The molecule has 0 radical (unpaired) electrons. The minimum Gasteiger partial charge on any atom is -0.497 e. The van der Waals surface area contributed by atoms with Crippen molar-refractivity contribution in [1.29, 1.82) is 0 Å². The molecule has 41 heavy (non-hydrogen) atoms. The van der Waals surface area contributed by atoms with Crippen molar-refractivity contribution in [3.8, 4) is 5.75 Å². The number of halogens is 6. The zero-order valence-electron chi connectivity index (χ0n) is 21.5. The SMILES string of the molecule is COc1ccc2ccn([N+]3(n4ccc5cc([N+](=O)[O-])ccc54)C(=O)CC(C(F)(F)F)(C(F)(F)F)[N+](C)(C)C3=O)c2c1. The van der Waals surface area contributed by atoms with Crippen molar-refractivity contribution in [3.63, 3.8) is 0 Å². The Labute approximate surface area is 226 Å². The van der Waals surface area contributed by atoms with Crippen LogP contribution in [0.1, 0.15) is 6.42 Å². The number of benzene rings is 2. The summed E-state index contributed by atoms with van der Waals surface area (Å²) in [7, 11) is 2.25. The van der Waals surface area contributed by atoms with Crippen molar-refractivity contribution in [2.24, 2.45) is 0 Å². The van der Waals surface area contributed by atoms with E-state index in [9.17, 15) is 46.0 Å². The molecule has 3 amide bonds. The minimum absolute atomic E-state index is 0.0337. The molecular formula is C25H21F6N5O5+2. The highest BCUT2D eigenvalue weighted by atomic mass is 19.4. The van der Waals surface area contributed by atoms with Gasteiger partial charge in [-0.1, -0.05) is 0 Å². The van der Waals surface area contributed by atoms with Crippen LogP contribution in [0, 0.1) is 10.1 Å². The molecule has 1 fully saturated rings. The Bertz CT molecular complexity index is 1740. The lowest BCUT2D eigenvalue weighted by Crippen LogP contribution is -2.88. The minimum atomic E-state index is -6.06. The van der Waals surface area contributed by atoms with E-state index < -0.39 is 50.4 Å². The first-order valence-corrected chi connectivity index (χ1v) is 11.8. The summed E-state index contributed by atoms with van der Waals surface area (Å²) in [5, 5.41) is 11.8. The van der Waals surface area contributed by atoms with E-state index in [1.54, 1.807) is 6.07 Å². The summed E-state index contributed by atoms with van der Waals surface area (Å²) in [5.41, 5.74) is -5.08. The predicted molar refractivity (Wildman–Crippen MR) is 132 cm³/mol. The molecule has 1 aliphatic heterocycles. The normalized spacial score (nSPS) is 21.0. The highest BCUT2D eigenvalue weighted by Crippen LogP contribution is 2.55. The Balaban J connectivity index is 1.92. The molecule has 1 atom stereocenters. The van der Waals surface area contributed by atoms with E-state index in [1.165, 1.54) is 37.6 Å². The lowest BCUT2D eigenvalue weighted by molar-refractivity contribution is -0.905. The van der Waals surface area contributed by atoms with Crippen molar-refractivity contribution < 1.29 is 50.1 Å². The van der Waals surface area contributed by atoms with Gasteiger partial charge in [-0.05, 0) is 30.3 Å². The van der Waals surface area contributed by atoms with Gasteiger partial charge in [-0.15, -0.1) is 0 Å². The second kappa shape index (κ2) is 8.53. The van der Waals surface area contributed by atoms with Crippen LogP contribution < -0.4 is 9.44 Å². The molecule has 2 aromatic carbocycles. The average Bonchev–Trinajstić information content (AvgIpc) is 3.49. The van der Waals surface area contributed by atoms with E-state index in [0.29, 0.717) is 19.5 Å². The summed E-state index contributed by atoms with van der Waals surface area (Å²) >= 11 is 0. The van der Waals surface area contributed by atoms with Gasteiger partial charge in [0.05, 0.1) is 43.2 Å². The van der Waals surface area contributed by atoms with Gasteiger partial charge in [0.25, 0.3) is 5.69 Å². The first-order valence-electron chi connectivity index (χ1n) is 11.8. The Hall–Kier alpha value is -4.44. The third-order valence-electron chi connectivity index (χ3n) is 7.76. The number of nitro groups is 1. The number of fused-ring (bicyclic) bond motifs is 2. The number of nitro benzene ring substituents is 1. The van der Waals surface area contributed by atoms with Gasteiger partial charge < -0.3 is 4.74 Å². The maximum atomic E-state index is 14.5. The van der Waals surface area contributed by atoms with Crippen LogP contribution in [0.25, 0.3) is 21.8 Å². The number of amides is 3. The first-order chi connectivity index (χ1) is 18.9. The number of aromatic nitrogens is 2. The van der Waals surface area contributed by atoms with Gasteiger partial charge in [0.15, 0.2) is 0 Å². The van der Waals surface area contributed by atoms with E-state index in [1.807, 2.05) is 0 Å². The molecule has 1 saturated heterocycles. The predicted octanol–water partition coefficient (Wildman–Crippen LogP) is 5.41. The van der Waals surface area contributed by atoms with Gasteiger partial charge in [0.2, 0.25) is 0 Å². The Morgan fingerprint density at radius 1 is 0.878 bits per heavy atom. The van der Waals surface area contributed by atoms with Crippen LogP contribution in [-0.2, 0) is 4.79 Å². The summed E-state index contributed by atoms with van der Waals surface area (Å²) in [5.74, 6) is -1.51. The number of non-ortho nitro benzene ring substituents is 1. The second-order valence-electron chi connectivity index (χ2n) is 10.0. The quantitative estimate of drug-likeness (QED) is 0.138. The molecule has 16 heteroatoms. The van der Waals surface area contributed by atoms with Crippen LogP contribution in [-0.4, -0.2) is 69.8 Å². The topological polar surface area (TPSA) is 96.4 Å². The number of alkyl halides is 6. The van der Waals surface area contributed by atoms with Gasteiger partial charge in [-0.3, -0.25) is 10.1 Å². The number of hydrogen-bond acceptors (Lipinski definition) is 5. The number of nitrogens with zero attached hydrogens (tertiary/aromatic N) is 5. The molecule has 3 heterocycles. The Morgan fingerprint density at radius 2 is 1.46 bits per heavy atom. The number of ether oxygens (including phenoxy) is 1. The van der Waals surface area contributed by atoms with E-state index in [0.717, 1.165) is 33.7 Å². The van der Waals surface area contributed by atoms with Crippen molar-refractivity contribution in [2.45, 2.75) is 24.3 Å². The number of methoxy groups -OCH3 is 1. The summed E-state index contributed by atoms with van der Waals surface area (Å²) in [6.07, 6.45) is -11.9. The summed E-state index contributed by atoms with van der Waals surface area (Å²) in [4.78, 5) is 39.2. The molecule has 0 N–H and O–H groups in total. The van der Waals surface area contributed by atoms with Crippen LogP contribution in [0.3, 0.4) is 0 Å². The monoisotopic (exact) mass is 585 g/mol. The number of carbonyl (C=O) groups excluding carboxylic acids is 2. The zero-order chi connectivity index (χ0) is 30.3. The maximum Gasteiger partial charge on any atom is 0.574 e.